The molecule has 196 valence electrons. The molecule has 0 spiro atoms. The molecule has 2 N–H and O–H groups in total. The van der Waals surface area contributed by atoms with Crippen molar-refractivity contribution in [2.45, 2.75) is 12.6 Å². The highest BCUT2D eigenvalue weighted by Crippen LogP contribution is 2.34. The van der Waals surface area contributed by atoms with Crippen LogP contribution in [-0.2, 0) is 16.1 Å². The fourth-order valence-electron chi connectivity index (χ4n) is 4.35. The molecular formula is C30H24FN3O5. The maximum absolute atomic E-state index is 15.2. The summed E-state index contributed by atoms with van der Waals surface area (Å²) in [6.45, 7) is -0.442. The summed E-state index contributed by atoms with van der Waals surface area (Å²) in [5, 5.41) is 6.78. The van der Waals surface area contributed by atoms with Crippen LogP contribution in [0.2, 0.25) is 0 Å². The van der Waals surface area contributed by atoms with E-state index in [0.717, 1.165) is 5.39 Å². The zero-order valence-corrected chi connectivity index (χ0v) is 20.7. The summed E-state index contributed by atoms with van der Waals surface area (Å²) in [4.78, 5) is 41.4. The minimum atomic E-state index is -1.40. The first kappa shape index (κ1) is 25.5. The summed E-state index contributed by atoms with van der Waals surface area (Å²) in [6, 6.07) is 23.4. The van der Waals surface area contributed by atoms with Gasteiger partial charge in [0.2, 0.25) is 11.8 Å². The maximum atomic E-state index is 15.2. The molecular weight excluding hydrogens is 501 g/mol. The van der Waals surface area contributed by atoms with Gasteiger partial charge in [-0.3, -0.25) is 19.3 Å². The van der Waals surface area contributed by atoms with Gasteiger partial charge in [0.05, 0.1) is 31.3 Å². The van der Waals surface area contributed by atoms with Gasteiger partial charge in [0, 0.05) is 10.9 Å². The topological polar surface area (TPSA) is 105 Å². The van der Waals surface area contributed by atoms with E-state index in [1.165, 1.54) is 41.7 Å². The minimum absolute atomic E-state index is 0.00640. The van der Waals surface area contributed by atoms with Crippen molar-refractivity contribution in [2.75, 3.05) is 11.4 Å². The van der Waals surface area contributed by atoms with Crippen molar-refractivity contribution in [1.82, 2.24) is 10.6 Å². The first-order chi connectivity index (χ1) is 19.0. The molecule has 0 aliphatic rings. The number of halogens is 1. The number of nitrogens with zero attached hydrogens (tertiary/aromatic N) is 1. The Bertz CT molecular complexity index is 1590. The van der Waals surface area contributed by atoms with Crippen molar-refractivity contribution >= 4 is 34.2 Å². The van der Waals surface area contributed by atoms with E-state index in [0.29, 0.717) is 16.8 Å². The fraction of sp³-hybridized carbons (Fsp3) is 0.100. The van der Waals surface area contributed by atoms with Gasteiger partial charge in [0.1, 0.15) is 17.6 Å². The van der Waals surface area contributed by atoms with Crippen LogP contribution < -0.4 is 15.5 Å². The van der Waals surface area contributed by atoms with Gasteiger partial charge in [0.15, 0.2) is 5.76 Å². The number of nitrogens with one attached hydrogen (secondary N) is 2. The van der Waals surface area contributed by atoms with Crippen molar-refractivity contribution in [3.63, 3.8) is 0 Å². The predicted octanol–water partition coefficient (Wildman–Crippen LogP) is 4.99. The number of carbonyl (C=O) groups is 3. The Morgan fingerprint density at radius 3 is 2.31 bits per heavy atom. The zero-order chi connectivity index (χ0) is 27.2. The monoisotopic (exact) mass is 525 g/mol. The summed E-state index contributed by atoms with van der Waals surface area (Å²) in [6.07, 6.45) is 2.82. The van der Waals surface area contributed by atoms with E-state index in [9.17, 15) is 14.4 Å². The smallest absolute Gasteiger partial charge is 0.287 e. The second-order valence-electron chi connectivity index (χ2n) is 8.64. The molecule has 0 bridgehead atoms. The van der Waals surface area contributed by atoms with E-state index in [4.69, 9.17) is 8.83 Å². The Kier molecular flexibility index (Phi) is 7.49. The van der Waals surface area contributed by atoms with Crippen LogP contribution in [0.15, 0.2) is 112 Å². The number of furan rings is 2. The van der Waals surface area contributed by atoms with Crippen LogP contribution in [0.4, 0.5) is 10.1 Å². The van der Waals surface area contributed by atoms with Crippen LogP contribution in [0.1, 0.15) is 27.9 Å². The third kappa shape index (κ3) is 5.57. The molecule has 1 atom stereocenters. The number of amides is 3. The molecule has 0 fully saturated rings. The largest absolute Gasteiger partial charge is 0.467 e. The number of anilines is 1. The Morgan fingerprint density at radius 2 is 1.54 bits per heavy atom. The van der Waals surface area contributed by atoms with Crippen molar-refractivity contribution in [2.24, 2.45) is 0 Å². The molecule has 0 saturated carbocycles. The van der Waals surface area contributed by atoms with Gasteiger partial charge in [0.25, 0.3) is 5.91 Å². The lowest BCUT2D eigenvalue weighted by atomic mass is 10.00. The highest BCUT2D eigenvalue weighted by atomic mass is 19.1. The lowest BCUT2D eigenvalue weighted by Gasteiger charge is -2.32. The van der Waals surface area contributed by atoms with Crippen molar-refractivity contribution in [1.29, 1.82) is 0 Å². The summed E-state index contributed by atoms with van der Waals surface area (Å²) in [7, 11) is 0. The lowest BCUT2D eigenvalue weighted by Crippen LogP contribution is -2.48. The second kappa shape index (κ2) is 11.5. The van der Waals surface area contributed by atoms with E-state index >= 15 is 4.39 Å². The van der Waals surface area contributed by atoms with Crippen LogP contribution in [0.3, 0.4) is 0 Å². The minimum Gasteiger partial charge on any atom is -0.467 e. The van der Waals surface area contributed by atoms with Crippen LogP contribution in [0.5, 0.6) is 0 Å². The molecule has 39 heavy (non-hydrogen) atoms. The molecule has 0 saturated heterocycles. The van der Waals surface area contributed by atoms with E-state index < -0.39 is 36.1 Å². The van der Waals surface area contributed by atoms with Crippen molar-refractivity contribution < 1.29 is 27.6 Å². The molecule has 9 heteroatoms. The Labute approximate surface area is 223 Å². The molecule has 5 rings (SSSR count). The van der Waals surface area contributed by atoms with E-state index in [1.54, 1.807) is 36.4 Å². The first-order valence-corrected chi connectivity index (χ1v) is 12.2. The Hall–Kier alpha value is -5.18. The lowest BCUT2D eigenvalue weighted by molar-refractivity contribution is -0.126. The van der Waals surface area contributed by atoms with E-state index in [1.807, 2.05) is 30.3 Å². The molecule has 0 radical (unpaired) electrons. The molecule has 3 aromatic carbocycles. The van der Waals surface area contributed by atoms with Crippen LogP contribution in [0.25, 0.3) is 10.8 Å². The van der Waals surface area contributed by atoms with Crippen LogP contribution in [0, 0.1) is 5.82 Å². The molecule has 3 amide bonds. The second-order valence-corrected chi connectivity index (χ2v) is 8.64. The molecule has 0 aliphatic carbocycles. The van der Waals surface area contributed by atoms with Crippen LogP contribution in [-0.4, -0.2) is 24.3 Å². The van der Waals surface area contributed by atoms with E-state index in [-0.39, 0.29) is 17.9 Å². The summed E-state index contributed by atoms with van der Waals surface area (Å²) >= 11 is 0. The SMILES string of the molecule is O=C(NCC(=O)N(c1cccc2ccccc12)C(C(=O)NCc1ccco1)c1ccccc1F)c1ccco1. The fourth-order valence-corrected chi connectivity index (χ4v) is 4.35. The average molecular weight is 526 g/mol. The highest BCUT2D eigenvalue weighted by Gasteiger charge is 2.35. The third-order valence-electron chi connectivity index (χ3n) is 6.16. The van der Waals surface area contributed by atoms with Crippen molar-refractivity contribution in [3.8, 4) is 0 Å². The highest BCUT2D eigenvalue weighted by molar-refractivity contribution is 6.09. The standard InChI is InChI=1S/C30H24FN3O5/c31-24-13-4-3-12-23(24)28(30(37)32-18-21-10-6-16-38-21)34(25-14-5-9-20-8-1-2-11-22(20)25)27(35)19-33-29(36)26-15-7-17-39-26/h1-17,28H,18-19H2,(H,32,37)(H,33,36). The summed E-state index contributed by atoms with van der Waals surface area (Å²) in [5.41, 5.74) is 0.375. The molecule has 1 unspecified atom stereocenters. The number of hydrogen-bond donors (Lipinski definition) is 2. The number of hydrogen-bond acceptors (Lipinski definition) is 5. The molecule has 2 heterocycles. The number of carbonyl (C=O) groups excluding carboxylic acids is 3. The Balaban J connectivity index is 1.58. The molecule has 0 aliphatic heterocycles. The van der Waals surface area contributed by atoms with Gasteiger partial charge >= 0.3 is 0 Å². The average Bonchev–Trinajstić information content (AvgIpc) is 3.69. The number of fused-ring (bicyclic) bond motifs is 1. The normalized spacial score (nSPS) is 11.6. The quantitative estimate of drug-likeness (QED) is 0.282. The van der Waals surface area contributed by atoms with Crippen LogP contribution >= 0.6 is 0 Å². The van der Waals surface area contributed by atoms with Crippen molar-refractivity contribution in [3.05, 3.63) is 126 Å². The zero-order valence-electron chi connectivity index (χ0n) is 20.7. The van der Waals surface area contributed by atoms with Gasteiger partial charge in [-0.05, 0) is 41.8 Å². The van der Waals surface area contributed by atoms with Gasteiger partial charge < -0.3 is 19.5 Å². The molecule has 8 nitrogen and oxygen atoms in total. The van der Waals surface area contributed by atoms with Gasteiger partial charge in [-0.15, -0.1) is 0 Å². The summed E-state index contributed by atoms with van der Waals surface area (Å²) < 4.78 is 25.7. The summed E-state index contributed by atoms with van der Waals surface area (Å²) in [5.74, 6) is -2.00. The van der Waals surface area contributed by atoms with Gasteiger partial charge in [-0.25, -0.2) is 4.39 Å². The maximum Gasteiger partial charge on any atom is 0.287 e. The molecule has 2 aromatic heterocycles. The predicted molar refractivity (Wildman–Crippen MR) is 142 cm³/mol. The number of benzene rings is 3. The Morgan fingerprint density at radius 1 is 0.795 bits per heavy atom. The van der Waals surface area contributed by atoms with Gasteiger partial charge in [-0.1, -0.05) is 54.6 Å². The molecule has 5 aromatic rings. The van der Waals surface area contributed by atoms with Gasteiger partial charge in [-0.2, -0.15) is 0 Å². The third-order valence-corrected chi connectivity index (χ3v) is 6.16. The van der Waals surface area contributed by atoms with E-state index in [2.05, 4.69) is 10.6 Å². The first-order valence-electron chi connectivity index (χ1n) is 12.2. The number of rotatable bonds is 9.